The van der Waals surface area contributed by atoms with Crippen molar-refractivity contribution >= 4 is 0 Å². The maximum Gasteiger partial charge on any atom is 0.573 e. The molecular weight excluding hydrogens is 648 g/mol. The Kier molecular flexibility index (Phi) is 14.7. The van der Waals surface area contributed by atoms with Crippen LogP contribution in [0.25, 0.3) is 0 Å². The summed E-state index contributed by atoms with van der Waals surface area (Å²) in [6, 6.07) is 7.10. The zero-order valence-electron chi connectivity index (χ0n) is 29.1. The van der Waals surface area contributed by atoms with Crippen LogP contribution in [0, 0.1) is 47.1 Å². The minimum Gasteiger partial charge on any atom is -0.403 e. The minimum absolute atomic E-state index is 0.636. The van der Waals surface area contributed by atoms with Gasteiger partial charge in [0.25, 0.3) is 0 Å². The van der Waals surface area contributed by atoms with Gasteiger partial charge in [-0.25, -0.2) is 8.78 Å². The van der Waals surface area contributed by atoms with E-state index in [0.717, 1.165) is 66.3 Å². The molecule has 0 atom stereocenters. The van der Waals surface area contributed by atoms with Crippen LogP contribution >= 0.6 is 0 Å². The Morgan fingerprint density at radius 3 is 1.31 bits per heavy atom. The molecule has 0 radical (unpaired) electrons. The molecule has 2 aromatic rings. The van der Waals surface area contributed by atoms with Crippen molar-refractivity contribution < 1.29 is 39.9 Å². The maximum absolute atomic E-state index is 13.7. The van der Waals surface area contributed by atoms with E-state index in [1.165, 1.54) is 102 Å². The molecule has 0 aliphatic heterocycles. The van der Waals surface area contributed by atoms with Crippen molar-refractivity contribution in [1.82, 2.24) is 0 Å². The molecule has 5 rings (SSSR count). The molecule has 3 aliphatic carbocycles. The van der Waals surface area contributed by atoms with Gasteiger partial charge in [0, 0.05) is 0 Å². The van der Waals surface area contributed by atoms with E-state index in [2.05, 4.69) is 18.6 Å². The Labute approximate surface area is 287 Å². The Morgan fingerprint density at radius 2 is 0.918 bits per heavy atom. The average molecular weight is 703 g/mol. The van der Waals surface area contributed by atoms with E-state index in [9.17, 15) is 35.1 Å². The molecule has 0 heterocycles. The van der Waals surface area contributed by atoms with Gasteiger partial charge in [0.1, 0.15) is 5.82 Å². The van der Waals surface area contributed by atoms with Crippen LogP contribution in [0.15, 0.2) is 36.4 Å². The molecule has 0 spiro atoms. The zero-order valence-corrected chi connectivity index (χ0v) is 29.1. The molecule has 0 bridgehead atoms. The lowest BCUT2D eigenvalue weighted by molar-refractivity contribution is -0.275. The number of benzene rings is 2. The van der Waals surface area contributed by atoms with Crippen molar-refractivity contribution in [3.05, 3.63) is 64.7 Å². The fraction of sp³-hybridized carbons (Fsp3) is 0.700. The molecular formula is C40H54F8O. The molecule has 1 nitrogen and oxygen atoms in total. The summed E-state index contributed by atoms with van der Waals surface area (Å²) in [6.45, 7) is 4.63. The highest BCUT2D eigenvalue weighted by molar-refractivity contribution is 5.30. The molecule has 3 fully saturated rings. The zero-order chi connectivity index (χ0) is 35.6. The molecule has 0 aromatic heterocycles. The standard InChI is InChI=1S/C24H34F4.C16H20F4O/c1-17-2-4-18(5-3-17)6-7-19-8-10-20(11-9-19)12-13-21-14-15-22(23(25)16-21)24(26,27)28;1-11-2-4-12(5-3-11)6-7-13-8-9-15(14(17)10-13)21-16(18,19)20/h14-20H,2-13H2,1H3;8-12H,2-7H2,1H3. The van der Waals surface area contributed by atoms with E-state index >= 15 is 0 Å². The van der Waals surface area contributed by atoms with Crippen molar-refractivity contribution in [2.24, 2.45) is 35.5 Å². The number of rotatable bonds is 10. The van der Waals surface area contributed by atoms with Crippen molar-refractivity contribution in [3.63, 3.8) is 0 Å². The van der Waals surface area contributed by atoms with E-state index in [4.69, 9.17) is 0 Å². The summed E-state index contributed by atoms with van der Waals surface area (Å²) < 4.78 is 105. The summed E-state index contributed by atoms with van der Waals surface area (Å²) >= 11 is 0. The van der Waals surface area contributed by atoms with Gasteiger partial charge in [-0.2, -0.15) is 13.2 Å². The summed E-state index contributed by atoms with van der Waals surface area (Å²) in [5.41, 5.74) is 0.240. The second-order valence-corrected chi connectivity index (χ2v) is 15.4. The molecule has 3 aliphatic rings. The molecule has 3 saturated carbocycles. The number of halogens is 8. The second-order valence-electron chi connectivity index (χ2n) is 15.4. The number of aryl methyl sites for hydroxylation is 2. The van der Waals surface area contributed by atoms with Gasteiger partial charge in [0.2, 0.25) is 0 Å². The Balaban J connectivity index is 0.000000230. The van der Waals surface area contributed by atoms with Gasteiger partial charge in [-0.05, 0) is 96.6 Å². The topological polar surface area (TPSA) is 9.23 Å². The number of ether oxygens (including phenoxy) is 1. The van der Waals surface area contributed by atoms with Gasteiger partial charge in [-0.3, -0.25) is 0 Å². The highest BCUT2D eigenvalue weighted by Crippen LogP contribution is 2.38. The molecule has 0 N–H and O–H groups in total. The average Bonchev–Trinajstić information content (AvgIpc) is 3.04. The summed E-state index contributed by atoms with van der Waals surface area (Å²) in [5.74, 6) is 1.93. The quantitative estimate of drug-likeness (QED) is 0.224. The van der Waals surface area contributed by atoms with Crippen LogP contribution in [0.1, 0.15) is 133 Å². The van der Waals surface area contributed by atoms with Gasteiger partial charge >= 0.3 is 12.5 Å². The maximum atomic E-state index is 13.7. The van der Waals surface area contributed by atoms with Gasteiger partial charge in [0.15, 0.2) is 11.6 Å². The highest BCUT2D eigenvalue weighted by Gasteiger charge is 2.34. The first-order valence-electron chi connectivity index (χ1n) is 18.5. The Hall–Kier alpha value is -2.32. The van der Waals surface area contributed by atoms with Crippen molar-refractivity contribution in [2.45, 2.75) is 142 Å². The molecule has 9 heteroatoms. The van der Waals surface area contributed by atoms with E-state index in [1.54, 1.807) is 0 Å². The molecule has 0 saturated heterocycles. The SMILES string of the molecule is CC1CCC(CCC2CCC(CCc3ccc(C(F)(F)F)c(F)c3)CC2)CC1.CC1CCC(CCc2ccc(OC(F)(F)F)c(F)c2)CC1. The van der Waals surface area contributed by atoms with Crippen molar-refractivity contribution in [1.29, 1.82) is 0 Å². The molecule has 0 unspecified atom stereocenters. The lowest BCUT2D eigenvalue weighted by Gasteiger charge is -2.31. The Bertz CT molecular complexity index is 1260. The fourth-order valence-corrected chi connectivity index (χ4v) is 8.11. The lowest BCUT2D eigenvalue weighted by atomic mass is 9.75. The van der Waals surface area contributed by atoms with Crippen LogP contribution in [0.4, 0.5) is 35.1 Å². The van der Waals surface area contributed by atoms with Crippen LogP contribution < -0.4 is 4.74 Å². The third-order valence-corrected chi connectivity index (χ3v) is 11.5. The minimum atomic E-state index is -4.86. The summed E-state index contributed by atoms with van der Waals surface area (Å²) in [5, 5.41) is 0. The fourth-order valence-electron chi connectivity index (χ4n) is 8.11. The van der Waals surface area contributed by atoms with Gasteiger partial charge < -0.3 is 4.74 Å². The van der Waals surface area contributed by atoms with Crippen LogP contribution in [-0.2, 0) is 19.0 Å². The van der Waals surface area contributed by atoms with E-state index in [-0.39, 0.29) is 0 Å². The summed E-state index contributed by atoms with van der Waals surface area (Å²) in [7, 11) is 0. The highest BCUT2D eigenvalue weighted by atomic mass is 19.4. The van der Waals surface area contributed by atoms with E-state index in [1.807, 2.05) is 0 Å². The van der Waals surface area contributed by atoms with Gasteiger partial charge in [-0.1, -0.05) is 116 Å². The molecule has 2 aromatic carbocycles. The predicted molar refractivity (Wildman–Crippen MR) is 178 cm³/mol. The van der Waals surface area contributed by atoms with Crippen molar-refractivity contribution in [2.75, 3.05) is 0 Å². The second kappa shape index (κ2) is 18.3. The molecule has 276 valence electrons. The first-order valence-corrected chi connectivity index (χ1v) is 18.5. The first kappa shape index (κ1) is 39.5. The van der Waals surface area contributed by atoms with Crippen LogP contribution in [0.5, 0.6) is 5.75 Å². The number of alkyl halides is 6. The smallest absolute Gasteiger partial charge is 0.403 e. The molecule has 0 amide bonds. The molecule has 49 heavy (non-hydrogen) atoms. The van der Waals surface area contributed by atoms with Crippen LogP contribution in [-0.4, -0.2) is 6.36 Å². The number of hydrogen-bond donors (Lipinski definition) is 0. The van der Waals surface area contributed by atoms with Crippen LogP contribution in [0.3, 0.4) is 0 Å². The summed E-state index contributed by atoms with van der Waals surface area (Å²) in [6.07, 6.45) is 12.1. The van der Waals surface area contributed by atoms with Gasteiger partial charge in [-0.15, -0.1) is 13.2 Å². The third-order valence-electron chi connectivity index (χ3n) is 11.5. The van der Waals surface area contributed by atoms with Gasteiger partial charge in [0.05, 0.1) is 5.56 Å². The monoisotopic (exact) mass is 702 g/mol. The van der Waals surface area contributed by atoms with Crippen LogP contribution in [0.2, 0.25) is 0 Å². The largest absolute Gasteiger partial charge is 0.573 e. The normalized spacial score (nSPS) is 26.5. The van der Waals surface area contributed by atoms with Crippen molar-refractivity contribution in [3.8, 4) is 5.75 Å². The van der Waals surface area contributed by atoms with E-state index < -0.39 is 35.5 Å². The first-order chi connectivity index (χ1) is 23.1. The lowest BCUT2D eigenvalue weighted by Crippen LogP contribution is -2.18. The third kappa shape index (κ3) is 13.7. The summed E-state index contributed by atoms with van der Waals surface area (Å²) in [4.78, 5) is 0. The predicted octanol–water partition coefficient (Wildman–Crippen LogP) is 13.7. The number of hydrogen-bond acceptors (Lipinski definition) is 1. The van der Waals surface area contributed by atoms with E-state index in [0.29, 0.717) is 30.2 Å². The Morgan fingerprint density at radius 1 is 0.531 bits per heavy atom.